The fourth-order valence-electron chi connectivity index (χ4n) is 6.31. The second-order valence-corrected chi connectivity index (χ2v) is 12.3. The molecule has 1 amide bonds. The fourth-order valence-corrected chi connectivity index (χ4v) is 6.31. The molecule has 15 heteroatoms. The highest BCUT2D eigenvalue weighted by atomic mass is 19.4. The predicted octanol–water partition coefficient (Wildman–Crippen LogP) is 6.16. The highest BCUT2D eigenvalue weighted by Gasteiger charge is 2.30. The number of aromatic amines is 2. The van der Waals surface area contributed by atoms with Gasteiger partial charge >= 0.3 is 6.18 Å². The van der Waals surface area contributed by atoms with Crippen LogP contribution in [0.15, 0.2) is 42.7 Å². The van der Waals surface area contributed by atoms with Crippen LogP contribution in [-0.4, -0.2) is 84.9 Å². The van der Waals surface area contributed by atoms with Crippen molar-refractivity contribution < 1.29 is 27.5 Å². The van der Waals surface area contributed by atoms with Crippen molar-refractivity contribution in [3.05, 3.63) is 71.2 Å². The number of piperidine rings is 1. The molecular weight excluding hydrogens is 654 g/mol. The molecule has 3 aromatic heterocycles. The van der Waals surface area contributed by atoms with Crippen LogP contribution < -0.4 is 10.2 Å². The average Bonchev–Trinajstić information content (AvgIpc) is 3.73. The summed E-state index contributed by atoms with van der Waals surface area (Å²) < 4.78 is 53.8. The van der Waals surface area contributed by atoms with E-state index in [1.807, 2.05) is 0 Å². The number of aromatic nitrogens is 6. The van der Waals surface area contributed by atoms with Gasteiger partial charge in [0.2, 0.25) is 0 Å². The van der Waals surface area contributed by atoms with E-state index in [1.54, 1.807) is 29.3 Å². The molecule has 0 aliphatic carbocycles. The standard InChI is InChI=1S/C31H28F4N8O2.C4H11N/c32-21-12-20(18(11-26(21)44)13-31(33,34)35)17-4-5-19-23(10-17)40-41-28(19)29-38-22-6-9-43(16-25(22)39-29)30(45)24-14-37-27(15-36-24)42-7-2-1-3-8-42;1-3-5-4-2/h4-5,10-12,14-15,44H,1-3,6-9,13,16H2,(H,38,39)(H,40,41);5H,3-4H2,1-2H3. The quantitative estimate of drug-likeness (QED) is 0.149. The van der Waals surface area contributed by atoms with E-state index in [-0.39, 0.29) is 29.3 Å². The number of nitrogens with zero attached hydrogens (tertiary/aromatic N) is 6. The number of fused-ring (bicyclic) bond motifs is 2. The number of H-pyrrole nitrogens is 2. The van der Waals surface area contributed by atoms with Crippen molar-refractivity contribution in [2.45, 2.75) is 58.7 Å². The van der Waals surface area contributed by atoms with E-state index in [0.29, 0.717) is 46.6 Å². The van der Waals surface area contributed by atoms with Crippen LogP contribution in [-0.2, 0) is 19.4 Å². The summed E-state index contributed by atoms with van der Waals surface area (Å²) in [5.74, 6) is -0.830. The number of rotatable bonds is 7. The molecule has 50 heavy (non-hydrogen) atoms. The monoisotopic (exact) mass is 693 g/mol. The predicted molar refractivity (Wildman–Crippen MR) is 181 cm³/mol. The van der Waals surface area contributed by atoms with Crippen LogP contribution in [0.4, 0.5) is 23.4 Å². The molecule has 0 spiro atoms. The molecule has 2 aliphatic heterocycles. The van der Waals surface area contributed by atoms with Gasteiger partial charge in [-0.3, -0.25) is 9.89 Å². The van der Waals surface area contributed by atoms with E-state index >= 15 is 0 Å². The third kappa shape index (κ3) is 7.72. The molecule has 1 saturated heterocycles. The van der Waals surface area contributed by atoms with Gasteiger partial charge in [0.15, 0.2) is 17.4 Å². The van der Waals surface area contributed by atoms with Gasteiger partial charge in [-0.15, -0.1) is 0 Å². The zero-order chi connectivity index (χ0) is 35.4. The Morgan fingerprint density at radius 3 is 2.48 bits per heavy atom. The fraction of sp³-hybridized carbons (Fsp3) is 0.400. The summed E-state index contributed by atoms with van der Waals surface area (Å²) in [5.41, 5.74) is 2.96. The molecule has 4 N–H and O–H groups in total. The van der Waals surface area contributed by atoms with Crippen molar-refractivity contribution in [1.29, 1.82) is 0 Å². The van der Waals surface area contributed by atoms with Gasteiger partial charge in [0.05, 0.1) is 36.6 Å². The van der Waals surface area contributed by atoms with E-state index < -0.39 is 24.2 Å². The highest BCUT2D eigenvalue weighted by molar-refractivity contribution is 5.94. The number of nitrogens with one attached hydrogen (secondary N) is 3. The number of alkyl halides is 3. The van der Waals surface area contributed by atoms with Crippen molar-refractivity contribution in [3.8, 4) is 28.4 Å². The summed E-state index contributed by atoms with van der Waals surface area (Å²) in [6.07, 6.45) is 1.31. The minimum absolute atomic E-state index is 0.0183. The maximum atomic E-state index is 14.2. The van der Waals surface area contributed by atoms with Gasteiger partial charge in [0.1, 0.15) is 17.2 Å². The van der Waals surface area contributed by atoms with Crippen molar-refractivity contribution in [2.75, 3.05) is 37.6 Å². The van der Waals surface area contributed by atoms with Gasteiger partial charge < -0.3 is 25.2 Å². The number of halogens is 4. The minimum Gasteiger partial charge on any atom is -0.505 e. The van der Waals surface area contributed by atoms with Gasteiger partial charge in [-0.25, -0.2) is 19.3 Å². The van der Waals surface area contributed by atoms with Crippen LogP contribution in [0.3, 0.4) is 0 Å². The Labute approximate surface area is 286 Å². The van der Waals surface area contributed by atoms with Crippen LogP contribution >= 0.6 is 0 Å². The summed E-state index contributed by atoms with van der Waals surface area (Å²) in [4.78, 5) is 34.0. The number of phenols is 1. The molecule has 11 nitrogen and oxygen atoms in total. The third-order valence-electron chi connectivity index (χ3n) is 8.82. The normalized spacial score (nSPS) is 14.8. The molecule has 264 valence electrons. The maximum Gasteiger partial charge on any atom is 0.393 e. The van der Waals surface area contributed by atoms with Crippen LogP contribution in [0.5, 0.6) is 5.75 Å². The SMILES string of the molecule is CCNCC.O=C(c1cnc(N2CCCCC2)cn1)N1CCc2[nH]c(-c3n[nH]c4cc(-c5cc(F)c(O)cc5CC(F)(F)F)ccc34)nc2C1. The molecule has 7 rings (SSSR count). The first kappa shape index (κ1) is 34.8. The molecule has 5 heterocycles. The number of hydrogen-bond donors (Lipinski definition) is 4. The molecular formula is C35H39F4N9O2. The van der Waals surface area contributed by atoms with E-state index in [0.717, 1.165) is 62.7 Å². The number of amides is 1. The Bertz CT molecular complexity index is 1950. The first-order valence-electron chi connectivity index (χ1n) is 16.8. The molecule has 1 fully saturated rings. The van der Waals surface area contributed by atoms with Gasteiger partial charge in [-0.2, -0.15) is 18.3 Å². The number of benzene rings is 2. The second-order valence-electron chi connectivity index (χ2n) is 12.3. The highest BCUT2D eigenvalue weighted by Crippen LogP contribution is 2.36. The number of phenolic OH excluding ortho intramolecular Hbond substituents is 1. The van der Waals surface area contributed by atoms with E-state index in [1.165, 1.54) is 12.6 Å². The van der Waals surface area contributed by atoms with Crippen molar-refractivity contribution >= 4 is 22.6 Å². The van der Waals surface area contributed by atoms with E-state index in [2.05, 4.69) is 49.2 Å². The maximum absolute atomic E-state index is 14.2. The first-order chi connectivity index (χ1) is 24.0. The molecule has 0 saturated carbocycles. The summed E-state index contributed by atoms with van der Waals surface area (Å²) in [6, 6.07) is 6.54. The van der Waals surface area contributed by atoms with Crippen LogP contribution in [0.25, 0.3) is 33.5 Å². The lowest BCUT2D eigenvalue weighted by molar-refractivity contribution is -0.127. The van der Waals surface area contributed by atoms with Gasteiger partial charge in [0, 0.05) is 37.1 Å². The Morgan fingerprint density at radius 1 is 1.02 bits per heavy atom. The number of carbonyl (C=O) groups is 1. The number of hydrogen-bond acceptors (Lipinski definition) is 8. The molecule has 2 aromatic carbocycles. The number of imidazole rings is 1. The topological polar surface area (TPSA) is 139 Å². The Kier molecular flexibility index (Phi) is 10.3. The van der Waals surface area contributed by atoms with Crippen molar-refractivity contribution in [1.82, 2.24) is 40.3 Å². The minimum atomic E-state index is -4.55. The van der Waals surface area contributed by atoms with Gasteiger partial charge in [-0.1, -0.05) is 19.9 Å². The lowest BCUT2D eigenvalue weighted by Crippen LogP contribution is -2.36. The van der Waals surface area contributed by atoms with Crippen LogP contribution in [0.2, 0.25) is 0 Å². The molecule has 5 aromatic rings. The van der Waals surface area contributed by atoms with Crippen LogP contribution in [0.1, 0.15) is 60.5 Å². The lowest BCUT2D eigenvalue weighted by Gasteiger charge is -2.28. The number of anilines is 1. The van der Waals surface area contributed by atoms with E-state index in [4.69, 9.17) is 4.98 Å². The second kappa shape index (κ2) is 14.8. The summed E-state index contributed by atoms with van der Waals surface area (Å²) >= 11 is 0. The smallest absolute Gasteiger partial charge is 0.393 e. The molecule has 0 atom stereocenters. The van der Waals surface area contributed by atoms with Crippen LogP contribution in [0, 0.1) is 5.82 Å². The Balaban J connectivity index is 0.000000808. The summed E-state index contributed by atoms with van der Waals surface area (Å²) in [5, 5.41) is 20.7. The first-order valence-corrected chi connectivity index (χ1v) is 16.8. The zero-order valence-electron chi connectivity index (χ0n) is 27.9. The van der Waals surface area contributed by atoms with Crippen molar-refractivity contribution in [3.63, 3.8) is 0 Å². The van der Waals surface area contributed by atoms with Gasteiger partial charge in [-0.05, 0) is 73.3 Å². The molecule has 2 aliphatic rings. The number of aromatic hydroxyl groups is 1. The molecule has 0 bridgehead atoms. The van der Waals surface area contributed by atoms with Gasteiger partial charge in [0.25, 0.3) is 5.91 Å². The summed E-state index contributed by atoms with van der Waals surface area (Å²) in [6.45, 7) is 9.01. The molecule has 0 unspecified atom stereocenters. The van der Waals surface area contributed by atoms with Crippen molar-refractivity contribution in [2.24, 2.45) is 0 Å². The number of carbonyl (C=O) groups excluding carboxylic acids is 1. The molecule has 0 radical (unpaired) electrons. The van der Waals surface area contributed by atoms with E-state index in [9.17, 15) is 27.5 Å². The Hall–Kier alpha value is -5.05. The summed E-state index contributed by atoms with van der Waals surface area (Å²) in [7, 11) is 0. The Morgan fingerprint density at radius 2 is 1.80 bits per heavy atom. The largest absolute Gasteiger partial charge is 0.505 e. The average molecular weight is 694 g/mol. The lowest BCUT2D eigenvalue weighted by atomic mass is 9.96. The third-order valence-corrected chi connectivity index (χ3v) is 8.82. The zero-order valence-corrected chi connectivity index (χ0v) is 27.9.